The molecule has 102 valence electrons. The molecule has 2 heterocycles. The quantitative estimate of drug-likeness (QED) is 0.642. The molecule has 0 bridgehead atoms. The van der Waals surface area contributed by atoms with Crippen LogP contribution < -0.4 is 5.38 Å². The van der Waals surface area contributed by atoms with Crippen LogP contribution in [0.1, 0.15) is 0 Å². The van der Waals surface area contributed by atoms with Crippen molar-refractivity contribution in [2.24, 2.45) is 0 Å². The summed E-state index contributed by atoms with van der Waals surface area (Å²) in [5.41, 5.74) is 3.51. The van der Waals surface area contributed by atoms with E-state index in [1.165, 1.54) is 0 Å². The lowest BCUT2D eigenvalue weighted by Gasteiger charge is -2.10. The van der Waals surface area contributed by atoms with E-state index >= 15 is 0 Å². The summed E-state index contributed by atoms with van der Waals surface area (Å²) >= 11 is 6.52. The van der Waals surface area contributed by atoms with Gasteiger partial charge in [0.25, 0.3) is 0 Å². The Morgan fingerprint density at radius 2 is 1.80 bits per heavy atom. The van der Waals surface area contributed by atoms with Crippen LogP contribution in [0.2, 0.25) is 24.7 Å². The zero-order valence-corrected chi connectivity index (χ0v) is 13.5. The lowest BCUT2D eigenvalue weighted by Crippen LogP contribution is -2.36. The number of pyridine rings is 1. The number of nitrogens with zero attached hydrogens (tertiary/aromatic N) is 1. The Balaban J connectivity index is 2.21. The molecule has 0 aliphatic rings. The molecule has 3 rings (SSSR count). The van der Waals surface area contributed by atoms with Gasteiger partial charge in [0.1, 0.15) is 13.6 Å². The second-order valence-corrected chi connectivity index (χ2v) is 11.3. The number of hydrogen-bond donors (Lipinski definition) is 0. The first-order valence-corrected chi connectivity index (χ1v) is 10.5. The maximum atomic E-state index is 6.52. The molecule has 3 aromatic rings. The number of rotatable bonds is 2. The van der Waals surface area contributed by atoms with E-state index in [1.54, 1.807) is 0 Å². The van der Waals surface area contributed by atoms with Crippen molar-refractivity contribution in [3.63, 3.8) is 0 Å². The number of aromatic nitrogens is 1. The highest BCUT2D eigenvalue weighted by atomic mass is 35.5. The largest absolute Gasteiger partial charge is 0.463 e. The summed E-state index contributed by atoms with van der Waals surface area (Å²) in [6, 6.07) is 12.0. The molecule has 0 fully saturated rings. The molecule has 0 aliphatic carbocycles. The van der Waals surface area contributed by atoms with Gasteiger partial charge in [0.05, 0.1) is 10.4 Å². The SMILES string of the molecule is C[Si](C)(C)c1cc2ncc(-c3ccccc3)c(Cl)c2o1. The molecule has 2 nitrogen and oxygen atoms in total. The van der Waals surface area contributed by atoms with Crippen LogP contribution in [-0.4, -0.2) is 13.1 Å². The molecule has 0 amide bonds. The Morgan fingerprint density at radius 1 is 1.10 bits per heavy atom. The van der Waals surface area contributed by atoms with E-state index in [9.17, 15) is 0 Å². The highest BCUT2D eigenvalue weighted by molar-refractivity contribution is 6.87. The van der Waals surface area contributed by atoms with Crippen molar-refractivity contribution in [1.29, 1.82) is 0 Å². The predicted molar refractivity (Wildman–Crippen MR) is 87.4 cm³/mol. The summed E-state index contributed by atoms with van der Waals surface area (Å²) in [4.78, 5) is 4.50. The summed E-state index contributed by atoms with van der Waals surface area (Å²) in [5.74, 6) is 0. The van der Waals surface area contributed by atoms with Gasteiger partial charge >= 0.3 is 0 Å². The lowest BCUT2D eigenvalue weighted by atomic mass is 10.1. The van der Waals surface area contributed by atoms with Gasteiger partial charge in [-0.3, -0.25) is 4.98 Å². The highest BCUT2D eigenvalue weighted by Gasteiger charge is 2.23. The third kappa shape index (κ3) is 2.27. The average Bonchev–Trinajstić information content (AvgIpc) is 2.85. The fourth-order valence-electron chi connectivity index (χ4n) is 2.14. The van der Waals surface area contributed by atoms with Gasteiger partial charge in [-0.05, 0) is 5.56 Å². The van der Waals surface area contributed by atoms with E-state index < -0.39 is 8.07 Å². The van der Waals surface area contributed by atoms with Crippen LogP contribution in [0.25, 0.3) is 22.2 Å². The third-order valence-corrected chi connectivity index (χ3v) is 5.41. The van der Waals surface area contributed by atoms with Crippen molar-refractivity contribution in [1.82, 2.24) is 4.98 Å². The zero-order chi connectivity index (χ0) is 14.3. The molecule has 2 aromatic heterocycles. The number of halogens is 1. The van der Waals surface area contributed by atoms with Crippen LogP contribution in [0, 0.1) is 0 Å². The molecule has 0 spiro atoms. The van der Waals surface area contributed by atoms with Gasteiger partial charge in [-0.15, -0.1) is 0 Å². The van der Waals surface area contributed by atoms with Gasteiger partial charge in [-0.2, -0.15) is 0 Å². The first kappa shape index (κ1) is 13.4. The molecule has 0 unspecified atom stereocenters. The smallest absolute Gasteiger partial charge is 0.171 e. The molecule has 0 N–H and O–H groups in total. The van der Waals surface area contributed by atoms with E-state index in [0.717, 1.165) is 22.0 Å². The number of furan rings is 1. The summed E-state index contributed by atoms with van der Waals surface area (Å²) < 4.78 is 5.99. The number of fused-ring (bicyclic) bond motifs is 1. The van der Waals surface area contributed by atoms with E-state index in [4.69, 9.17) is 16.0 Å². The lowest BCUT2D eigenvalue weighted by molar-refractivity contribution is 0.648. The van der Waals surface area contributed by atoms with Crippen molar-refractivity contribution >= 4 is 36.2 Å². The Bertz CT molecular complexity index is 759. The van der Waals surface area contributed by atoms with Crippen LogP contribution >= 0.6 is 11.6 Å². The van der Waals surface area contributed by atoms with Crippen LogP contribution in [0.4, 0.5) is 0 Å². The number of benzene rings is 1. The molecular formula is C16H16ClNOSi. The Morgan fingerprint density at radius 3 is 2.45 bits per heavy atom. The molecule has 0 saturated carbocycles. The van der Waals surface area contributed by atoms with E-state index in [-0.39, 0.29) is 0 Å². The predicted octanol–water partition coefficient (Wildman–Crippen LogP) is 4.69. The van der Waals surface area contributed by atoms with E-state index in [2.05, 4.69) is 24.6 Å². The van der Waals surface area contributed by atoms with Gasteiger partial charge in [0, 0.05) is 17.8 Å². The second-order valence-electron chi connectivity index (χ2n) is 5.93. The Labute approximate surface area is 124 Å². The van der Waals surface area contributed by atoms with Gasteiger partial charge < -0.3 is 4.42 Å². The first-order chi connectivity index (χ1) is 9.47. The topological polar surface area (TPSA) is 26.0 Å². The fourth-order valence-corrected chi connectivity index (χ4v) is 3.41. The van der Waals surface area contributed by atoms with Crippen molar-refractivity contribution in [2.75, 3.05) is 0 Å². The van der Waals surface area contributed by atoms with Gasteiger partial charge in [0.2, 0.25) is 0 Å². The molecule has 4 heteroatoms. The van der Waals surface area contributed by atoms with Crippen molar-refractivity contribution in [2.45, 2.75) is 19.6 Å². The monoisotopic (exact) mass is 301 g/mol. The molecule has 0 radical (unpaired) electrons. The second kappa shape index (κ2) is 4.76. The van der Waals surface area contributed by atoms with Crippen LogP contribution in [0.3, 0.4) is 0 Å². The van der Waals surface area contributed by atoms with E-state index in [1.807, 2.05) is 42.6 Å². The van der Waals surface area contributed by atoms with Crippen molar-refractivity contribution in [3.05, 3.63) is 47.6 Å². The fraction of sp³-hybridized carbons (Fsp3) is 0.188. The summed E-state index contributed by atoms with van der Waals surface area (Å²) in [6.45, 7) is 6.74. The molecule has 1 aromatic carbocycles. The number of hydrogen-bond acceptors (Lipinski definition) is 2. The normalized spacial score (nSPS) is 12.0. The van der Waals surface area contributed by atoms with Crippen LogP contribution in [0.5, 0.6) is 0 Å². The average molecular weight is 302 g/mol. The standard InChI is InChI=1S/C16H16ClNOSi/c1-20(2,3)14-9-13-16(19-14)15(17)12(10-18-13)11-7-5-4-6-8-11/h4-10H,1-3H3. The molecule has 20 heavy (non-hydrogen) atoms. The third-order valence-electron chi connectivity index (χ3n) is 3.31. The van der Waals surface area contributed by atoms with Crippen molar-refractivity contribution in [3.8, 4) is 11.1 Å². The van der Waals surface area contributed by atoms with Gasteiger partial charge in [-0.1, -0.05) is 61.6 Å². The maximum absolute atomic E-state index is 6.52. The molecular weight excluding hydrogens is 286 g/mol. The van der Waals surface area contributed by atoms with Gasteiger partial charge in [-0.25, -0.2) is 0 Å². The maximum Gasteiger partial charge on any atom is 0.171 e. The van der Waals surface area contributed by atoms with Gasteiger partial charge in [0.15, 0.2) is 5.58 Å². The van der Waals surface area contributed by atoms with Crippen LogP contribution in [0.15, 0.2) is 47.0 Å². The zero-order valence-electron chi connectivity index (χ0n) is 11.8. The molecule has 0 atom stereocenters. The van der Waals surface area contributed by atoms with E-state index in [0.29, 0.717) is 10.6 Å². The summed E-state index contributed by atoms with van der Waals surface area (Å²) in [6.07, 6.45) is 1.82. The van der Waals surface area contributed by atoms with Crippen LogP contribution in [-0.2, 0) is 0 Å². The summed E-state index contributed by atoms with van der Waals surface area (Å²) in [7, 11) is -1.50. The van der Waals surface area contributed by atoms with Crippen molar-refractivity contribution < 1.29 is 4.42 Å². The molecule has 0 saturated heterocycles. The Kier molecular flexibility index (Phi) is 3.19. The Hall–Kier alpha value is -1.58. The minimum Gasteiger partial charge on any atom is -0.463 e. The first-order valence-electron chi connectivity index (χ1n) is 6.61. The minimum absolute atomic E-state index is 0.644. The highest BCUT2D eigenvalue weighted by Crippen LogP contribution is 2.33. The molecule has 0 aliphatic heterocycles. The summed E-state index contributed by atoms with van der Waals surface area (Å²) in [5, 5.41) is 1.68. The minimum atomic E-state index is -1.50.